The fourth-order valence-corrected chi connectivity index (χ4v) is 3.55. The second kappa shape index (κ2) is 2.79. The summed E-state index contributed by atoms with van der Waals surface area (Å²) in [5.41, 5.74) is 7.93. The van der Waals surface area contributed by atoms with E-state index in [1.165, 1.54) is 5.56 Å². The Hall–Kier alpha value is -1.20. The summed E-state index contributed by atoms with van der Waals surface area (Å²) in [4.78, 5) is 8.47. The van der Waals surface area contributed by atoms with E-state index in [1.54, 1.807) is 0 Å². The highest BCUT2D eigenvalue weighted by molar-refractivity contribution is 5.42. The van der Waals surface area contributed by atoms with Crippen molar-refractivity contribution in [2.45, 2.75) is 50.1 Å². The SMILES string of the molecule is CC1(C)O[C@@H]2[C@H](O1)[C@@H]1C[C@H]2c2cnc(N)nc21. The first kappa shape index (κ1) is 9.79. The molecule has 1 saturated carbocycles. The van der Waals surface area contributed by atoms with Crippen LogP contribution in [0.15, 0.2) is 6.20 Å². The number of fused-ring (bicyclic) bond motifs is 8. The van der Waals surface area contributed by atoms with Crippen molar-refractivity contribution in [3.05, 3.63) is 17.5 Å². The van der Waals surface area contributed by atoms with Crippen LogP contribution in [0.5, 0.6) is 0 Å². The van der Waals surface area contributed by atoms with Crippen LogP contribution < -0.4 is 5.73 Å². The Balaban J connectivity index is 1.80. The Morgan fingerprint density at radius 3 is 2.76 bits per heavy atom. The van der Waals surface area contributed by atoms with E-state index >= 15 is 0 Å². The van der Waals surface area contributed by atoms with Crippen LogP contribution >= 0.6 is 0 Å². The van der Waals surface area contributed by atoms with Crippen LogP contribution in [-0.4, -0.2) is 28.0 Å². The van der Waals surface area contributed by atoms with Crippen LogP contribution in [0.2, 0.25) is 0 Å². The van der Waals surface area contributed by atoms with Crippen LogP contribution in [0.1, 0.15) is 43.4 Å². The van der Waals surface area contributed by atoms with E-state index in [0.29, 0.717) is 17.8 Å². The maximum Gasteiger partial charge on any atom is 0.220 e. The predicted molar refractivity (Wildman–Crippen MR) is 60.4 cm³/mol. The smallest absolute Gasteiger partial charge is 0.220 e. The van der Waals surface area contributed by atoms with Gasteiger partial charge in [0, 0.05) is 18.0 Å². The number of hydrogen-bond donors (Lipinski definition) is 1. The van der Waals surface area contributed by atoms with E-state index < -0.39 is 5.79 Å². The van der Waals surface area contributed by atoms with E-state index in [1.807, 2.05) is 20.0 Å². The lowest BCUT2D eigenvalue weighted by Crippen LogP contribution is -2.29. The molecule has 1 aromatic heterocycles. The Kier molecular flexibility index (Phi) is 1.61. The van der Waals surface area contributed by atoms with Gasteiger partial charge in [0.2, 0.25) is 5.95 Å². The Morgan fingerprint density at radius 2 is 2.00 bits per heavy atom. The van der Waals surface area contributed by atoms with Gasteiger partial charge in [-0.05, 0) is 25.8 Å². The summed E-state index contributed by atoms with van der Waals surface area (Å²) < 4.78 is 12.0. The molecule has 2 fully saturated rings. The molecular formula is C12H15N3O2. The molecular weight excluding hydrogens is 218 g/mol. The van der Waals surface area contributed by atoms with Gasteiger partial charge >= 0.3 is 0 Å². The lowest BCUT2D eigenvalue weighted by atomic mass is 9.92. The Morgan fingerprint density at radius 1 is 1.29 bits per heavy atom. The van der Waals surface area contributed by atoms with Crippen molar-refractivity contribution in [2.75, 3.05) is 5.73 Å². The van der Waals surface area contributed by atoms with Gasteiger partial charge in [-0.3, -0.25) is 0 Å². The van der Waals surface area contributed by atoms with Crippen molar-refractivity contribution >= 4 is 5.95 Å². The summed E-state index contributed by atoms with van der Waals surface area (Å²) in [6.45, 7) is 3.94. The van der Waals surface area contributed by atoms with Crippen molar-refractivity contribution in [1.29, 1.82) is 0 Å². The van der Waals surface area contributed by atoms with Gasteiger partial charge in [-0.25, -0.2) is 9.97 Å². The van der Waals surface area contributed by atoms with Crippen LogP contribution in [0.4, 0.5) is 5.95 Å². The molecule has 90 valence electrons. The van der Waals surface area contributed by atoms with E-state index in [9.17, 15) is 0 Å². The van der Waals surface area contributed by atoms with E-state index in [4.69, 9.17) is 15.2 Å². The molecule has 0 aromatic carbocycles. The molecule has 2 bridgehead atoms. The average Bonchev–Trinajstić information content (AvgIpc) is 2.83. The van der Waals surface area contributed by atoms with Crippen molar-refractivity contribution in [3.63, 3.8) is 0 Å². The zero-order valence-electron chi connectivity index (χ0n) is 9.88. The second-order valence-corrected chi connectivity index (χ2v) is 5.58. The van der Waals surface area contributed by atoms with Gasteiger partial charge in [0.25, 0.3) is 0 Å². The Labute approximate surface area is 99.3 Å². The molecule has 4 rings (SSSR count). The van der Waals surface area contributed by atoms with Crippen LogP contribution in [-0.2, 0) is 9.47 Å². The largest absolute Gasteiger partial charge is 0.368 e. The Bertz CT molecular complexity index is 503. The van der Waals surface area contributed by atoms with Gasteiger partial charge in [-0.2, -0.15) is 0 Å². The van der Waals surface area contributed by atoms with E-state index in [-0.39, 0.29) is 12.2 Å². The van der Waals surface area contributed by atoms with Crippen molar-refractivity contribution in [1.82, 2.24) is 9.97 Å². The second-order valence-electron chi connectivity index (χ2n) is 5.58. The molecule has 5 heteroatoms. The summed E-state index contributed by atoms with van der Waals surface area (Å²) in [5, 5.41) is 0. The van der Waals surface area contributed by atoms with Gasteiger partial charge in [0.15, 0.2) is 5.79 Å². The topological polar surface area (TPSA) is 70.3 Å². The van der Waals surface area contributed by atoms with Crippen molar-refractivity contribution in [2.24, 2.45) is 0 Å². The van der Waals surface area contributed by atoms with Gasteiger partial charge in [-0.15, -0.1) is 0 Å². The highest BCUT2D eigenvalue weighted by Gasteiger charge is 2.59. The molecule has 5 nitrogen and oxygen atoms in total. The first-order chi connectivity index (χ1) is 8.05. The molecule has 3 aliphatic rings. The van der Waals surface area contributed by atoms with Gasteiger partial charge in [-0.1, -0.05) is 0 Å². The van der Waals surface area contributed by atoms with Gasteiger partial charge in [0.05, 0.1) is 17.9 Å². The number of nitrogens with zero attached hydrogens (tertiary/aromatic N) is 2. The van der Waals surface area contributed by atoms with E-state index in [0.717, 1.165) is 12.1 Å². The summed E-state index contributed by atoms with van der Waals surface area (Å²) in [5.74, 6) is 0.577. The zero-order valence-corrected chi connectivity index (χ0v) is 9.88. The molecule has 0 spiro atoms. The number of rotatable bonds is 0. The minimum atomic E-state index is -0.479. The quantitative estimate of drug-likeness (QED) is 0.728. The number of nitrogen functional groups attached to an aromatic ring is 1. The first-order valence-electron chi connectivity index (χ1n) is 6.03. The molecule has 0 radical (unpaired) electrons. The third-order valence-corrected chi connectivity index (χ3v) is 4.08. The lowest BCUT2D eigenvalue weighted by molar-refractivity contribution is -0.153. The molecule has 2 aliphatic carbocycles. The minimum Gasteiger partial charge on any atom is -0.368 e. The number of hydrogen-bond acceptors (Lipinski definition) is 5. The molecule has 2 heterocycles. The molecule has 0 amide bonds. The highest BCUT2D eigenvalue weighted by atomic mass is 16.8. The molecule has 2 N–H and O–H groups in total. The summed E-state index contributed by atoms with van der Waals surface area (Å²) in [6, 6.07) is 0. The van der Waals surface area contributed by atoms with Crippen LogP contribution in [0.25, 0.3) is 0 Å². The monoisotopic (exact) mass is 233 g/mol. The third-order valence-electron chi connectivity index (χ3n) is 4.08. The molecule has 1 saturated heterocycles. The maximum atomic E-state index is 5.98. The van der Waals surface area contributed by atoms with Crippen LogP contribution in [0, 0.1) is 0 Å². The standard InChI is InChI=1S/C12H15N3O2/c1-12(2)16-9-5-3-6(10(9)17-12)8-7(5)4-14-11(13)15-8/h4-6,9-10H,3H2,1-2H3,(H2,13,14,15)/t5-,6+,9-,10+/m0/s1. The lowest BCUT2D eigenvalue weighted by Gasteiger charge is -2.23. The van der Waals surface area contributed by atoms with E-state index in [2.05, 4.69) is 9.97 Å². The molecule has 0 unspecified atom stereocenters. The maximum absolute atomic E-state index is 5.98. The van der Waals surface area contributed by atoms with Gasteiger partial charge in [0.1, 0.15) is 0 Å². The normalized spacial score (nSPS) is 40.4. The molecule has 1 aliphatic heterocycles. The third kappa shape index (κ3) is 1.16. The molecule has 1 aromatic rings. The highest BCUT2D eigenvalue weighted by Crippen LogP contribution is 2.58. The number of anilines is 1. The summed E-state index contributed by atoms with van der Waals surface area (Å²) in [7, 11) is 0. The molecule has 17 heavy (non-hydrogen) atoms. The van der Waals surface area contributed by atoms with Crippen LogP contribution in [0.3, 0.4) is 0 Å². The number of nitrogens with two attached hydrogens (primary N) is 1. The molecule has 4 atom stereocenters. The summed E-state index contributed by atoms with van der Waals surface area (Å²) in [6.07, 6.45) is 3.21. The minimum absolute atomic E-state index is 0.136. The number of ether oxygens (including phenoxy) is 2. The van der Waals surface area contributed by atoms with Gasteiger partial charge < -0.3 is 15.2 Å². The first-order valence-corrected chi connectivity index (χ1v) is 6.03. The predicted octanol–water partition coefficient (Wildman–Crippen LogP) is 1.16. The van der Waals surface area contributed by atoms with Crippen molar-refractivity contribution < 1.29 is 9.47 Å². The number of aromatic nitrogens is 2. The zero-order chi connectivity index (χ0) is 11.8. The summed E-state index contributed by atoms with van der Waals surface area (Å²) >= 11 is 0. The average molecular weight is 233 g/mol. The fourth-order valence-electron chi connectivity index (χ4n) is 3.55. The van der Waals surface area contributed by atoms with Crippen molar-refractivity contribution in [3.8, 4) is 0 Å². The fraction of sp³-hybridized carbons (Fsp3) is 0.667.